The van der Waals surface area contributed by atoms with Gasteiger partial charge in [0.05, 0.1) is 9.79 Å². The highest BCUT2D eigenvalue weighted by atomic mass is 32.2. The number of hydrogen-bond acceptors (Lipinski definition) is 4. The minimum absolute atomic E-state index is 0.0388. The van der Waals surface area contributed by atoms with Crippen molar-refractivity contribution in [3.8, 4) is 0 Å². The predicted octanol–water partition coefficient (Wildman–Crippen LogP) is 1.19. The van der Waals surface area contributed by atoms with Crippen LogP contribution >= 0.6 is 0 Å². The van der Waals surface area contributed by atoms with Crippen LogP contribution in [0.4, 0.5) is 0 Å². The van der Waals surface area contributed by atoms with Crippen LogP contribution in [0.1, 0.15) is 42.4 Å². The average Bonchev–Trinajstić information content (AvgIpc) is 2.37. The normalized spacial score (nSPS) is 24.8. The lowest BCUT2D eigenvalue weighted by atomic mass is 9.71. The van der Waals surface area contributed by atoms with Crippen molar-refractivity contribution in [2.45, 2.75) is 55.2 Å². The van der Waals surface area contributed by atoms with E-state index in [2.05, 4.69) is 0 Å². The first-order valence-corrected chi connectivity index (χ1v) is 10.9. The fraction of sp³-hybridized carbons (Fsp3) is 0.600. The number of rotatable bonds is 2. The molecule has 0 aromatic heterocycles. The van der Waals surface area contributed by atoms with E-state index in [1.54, 1.807) is 13.0 Å². The van der Waals surface area contributed by atoms with E-state index >= 15 is 0 Å². The van der Waals surface area contributed by atoms with E-state index in [1.807, 2.05) is 0 Å². The molecule has 0 radical (unpaired) electrons. The van der Waals surface area contributed by atoms with Gasteiger partial charge in [0.2, 0.25) is 20.0 Å². The first-order chi connectivity index (χ1) is 10.6. The van der Waals surface area contributed by atoms with Crippen molar-refractivity contribution in [3.63, 3.8) is 0 Å². The molecule has 128 valence electrons. The fourth-order valence-corrected chi connectivity index (χ4v) is 6.24. The summed E-state index contributed by atoms with van der Waals surface area (Å²) in [6.45, 7) is 1.70. The summed E-state index contributed by atoms with van der Waals surface area (Å²) < 4.78 is 48.2. The van der Waals surface area contributed by atoms with Gasteiger partial charge >= 0.3 is 0 Å². The van der Waals surface area contributed by atoms with Crippen LogP contribution in [0.25, 0.3) is 0 Å². The lowest BCUT2D eigenvalue weighted by Gasteiger charge is -2.36. The maximum Gasteiger partial charge on any atom is 0.238 e. The highest BCUT2D eigenvalue weighted by Gasteiger charge is 2.35. The van der Waals surface area contributed by atoms with Gasteiger partial charge in [-0.3, -0.25) is 0 Å². The lowest BCUT2D eigenvalue weighted by molar-refractivity contribution is 0.228. The van der Waals surface area contributed by atoms with Crippen LogP contribution < -0.4 is 10.3 Å². The minimum Gasteiger partial charge on any atom is -0.225 e. The molecule has 0 aliphatic heterocycles. The lowest BCUT2D eigenvalue weighted by Crippen LogP contribution is -2.31. The van der Waals surface area contributed by atoms with Gasteiger partial charge < -0.3 is 0 Å². The molecule has 0 amide bonds. The molecule has 2 bridgehead atoms. The van der Waals surface area contributed by atoms with Crippen LogP contribution in [0.5, 0.6) is 0 Å². The van der Waals surface area contributed by atoms with E-state index in [-0.39, 0.29) is 21.3 Å². The summed E-state index contributed by atoms with van der Waals surface area (Å²) in [5.41, 5.74) is 1.59. The number of nitrogens with two attached hydrogens (primary N) is 2. The summed E-state index contributed by atoms with van der Waals surface area (Å²) >= 11 is 0. The van der Waals surface area contributed by atoms with E-state index < -0.39 is 20.0 Å². The molecule has 3 aliphatic carbocycles. The van der Waals surface area contributed by atoms with Gasteiger partial charge in [0.25, 0.3) is 0 Å². The zero-order valence-electron chi connectivity index (χ0n) is 13.1. The summed E-state index contributed by atoms with van der Waals surface area (Å²) in [6.07, 6.45) is 5.42. The first-order valence-electron chi connectivity index (χ1n) is 7.80. The maximum absolute atomic E-state index is 12.1. The van der Waals surface area contributed by atoms with E-state index in [4.69, 9.17) is 10.3 Å². The molecular formula is C15H22N2O4S2. The minimum atomic E-state index is -4.02. The highest BCUT2D eigenvalue weighted by Crippen LogP contribution is 2.42. The van der Waals surface area contributed by atoms with Crippen molar-refractivity contribution in [1.82, 2.24) is 0 Å². The summed E-state index contributed by atoms with van der Waals surface area (Å²) in [5.74, 6) is 0.744. The quantitative estimate of drug-likeness (QED) is 0.825. The van der Waals surface area contributed by atoms with Gasteiger partial charge in [-0.1, -0.05) is 12.8 Å². The maximum atomic E-state index is 12.1. The van der Waals surface area contributed by atoms with E-state index in [9.17, 15) is 16.8 Å². The number of benzene rings is 1. The largest absolute Gasteiger partial charge is 0.238 e. The standard InChI is InChI=1S/C15H22N2O4S2/c1-9-12-6-10-4-2-3-5-11(10)7-13(15(9)23(17,20)21)14(8-12)22(16,18)19/h8,10-11H,2-7H2,1H3,(H2,16,18,19)(H2,17,20,21). The Hall–Kier alpha value is -0.960. The van der Waals surface area contributed by atoms with Gasteiger partial charge in [-0.05, 0) is 67.2 Å². The third kappa shape index (κ3) is 3.05. The van der Waals surface area contributed by atoms with Gasteiger partial charge in [-0.15, -0.1) is 0 Å². The Kier molecular flexibility index (Phi) is 4.07. The number of sulfonamides is 2. The molecule has 4 rings (SSSR count). The van der Waals surface area contributed by atoms with Crippen molar-refractivity contribution in [2.24, 2.45) is 22.1 Å². The van der Waals surface area contributed by atoms with Crippen molar-refractivity contribution in [1.29, 1.82) is 0 Å². The van der Waals surface area contributed by atoms with Crippen molar-refractivity contribution >= 4 is 20.0 Å². The SMILES string of the molecule is Cc1c2cc(S(N)(=O)=O)c(c1S(N)(=O)=O)CC1CCCCC1C2. The third-order valence-electron chi connectivity index (χ3n) is 5.31. The van der Waals surface area contributed by atoms with Crippen LogP contribution in [-0.2, 0) is 32.9 Å². The Morgan fingerprint density at radius 3 is 2.04 bits per heavy atom. The van der Waals surface area contributed by atoms with E-state index in [1.165, 1.54) is 6.42 Å². The molecule has 4 N–H and O–H groups in total. The van der Waals surface area contributed by atoms with Gasteiger partial charge in [0.1, 0.15) is 0 Å². The Morgan fingerprint density at radius 1 is 0.957 bits per heavy atom. The summed E-state index contributed by atoms with van der Waals surface area (Å²) in [6, 6.07) is 1.56. The molecule has 1 aromatic rings. The molecule has 1 fully saturated rings. The Labute approximate surface area is 137 Å². The molecule has 1 saturated carbocycles. The topological polar surface area (TPSA) is 120 Å². The molecule has 8 heteroatoms. The molecule has 2 atom stereocenters. The third-order valence-corrected chi connectivity index (χ3v) is 7.40. The average molecular weight is 358 g/mol. The van der Waals surface area contributed by atoms with Crippen LogP contribution in [0.3, 0.4) is 0 Å². The predicted molar refractivity (Wildman–Crippen MR) is 86.8 cm³/mol. The van der Waals surface area contributed by atoms with Crippen LogP contribution in [-0.4, -0.2) is 16.8 Å². The zero-order chi connectivity index (χ0) is 17.0. The highest BCUT2D eigenvalue weighted by molar-refractivity contribution is 7.90. The van der Waals surface area contributed by atoms with Gasteiger partial charge in [0, 0.05) is 0 Å². The van der Waals surface area contributed by atoms with Crippen LogP contribution in [0, 0.1) is 18.8 Å². The summed E-state index contributed by atoms with van der Waals surface area (Å²) in [4.78, 5) is -0.116. The second-order valence-electron chi connectivity index (χ2n) is 6.77. The smallest absolute Gasteiger partial charge is 0.225 e. The molecule has 0 spiro atoms. The molecule has 1 aromatic carbocycles. The van der Waals surface area contributed by atoms with Crippen LogP contribution in [0.15, 0.2) is 15.9 Å². The van der Waals surface area contributed by atoms with Crippen LogP contribution in [0.2, 0.25) is 0 Å². The molecule has 3 aliphatic rings. The van der Waals surface area contributed by atoms with Gasteiger partial charge in [0.15, 0.2) is 0 Å². The fourth-order valence-electron chi connectivity index (χ4n) is 4.25. The number of hydrogen-bond donors (Lipinski definition) is 2. The zero-order valence-corrected chi connectivity index (χ0v) is 14.7. The molecule has 23 heavy (non-hydrogen) atoms. The number of primary sulfonamides is 2. The van der Waals surface area contributed by atoms with Crippen molar-refractivity contribution in [3.05, 3.63) is 22.8 Å². The second kappa shape index (κ2) is 5.54. The second-order valence-corrected chi connectivity index (χ2v) is 9.80. The molecule has 0 heterocycles. The van der Waals surface area contributed by atoms with Crippen molar-refractivity contribution < 1.29 is 16.8 Å². The molecule has 6 nitrogen and oxygen atoms in total. The first kappa shape index (κ1) is 16.9. The molecule has 0 saturated heterocycles. The monoisotopic (exact) mass is 358 g/mol. The number of fused-ring (bicyclic) bond motifs is 2. The Balaban J connectivity index is 2.34. The summed E-state index contributed by atoms with van der Waals surface area (Å²) in [7, 11) is -8.02. The van der Waals surface area contributed by atoms with Crippen molar-refractivity contribution in [2.75, 3.05) is 0 Å². The van der Waals surface area contributed by atoms with Gasteiger partial charge in [-0.25, -0.2) is 27.1 Å². The van der Waals surface area contributed by atoms with E-state index in [0.717, 1.165) is 24.8 Å². The summed E-state index contributed by atoms with van der Waals surface area (Å²) in [5, 5.41) is 10.7. The Bertz CT molecular complexity index is 860. The van der Waals surface area contributed by atoms with E-state index in [0.29, 0.717) is 24.3 Å². The van der Waals surface area contributed by atoms with Gasteiger partial charge in [-0.2, -0.15) is 0 Å². The molecular weight excluding hydrogens is 336 g/mol. The Morgan fingerprint density at radius 2 is 1.52 bits per heavy atom. The molecule has 2 unspecified atom stereocenters.